The van der Waals surface area contributed by atoms with Gasteiger partial charge >= 0.3 is 0 Å². The average Bonchev–Trinajstić information content (AvgIpc) is 2.77. The van der Waals surface area contributed by atoms with E-state index in [2.05, 4.69) is 15.6 Å². The molecule has 3 N–H and O–H groups in total. The molecule has 0 spiro atoms. The first-order valence-corrected chi connectivity index (χ1v) is 10.9. The molecule has 3 aromatic carbocycles. The van der Waals surface area contributed by atoms with Crippen LogP contribution in [0.1, 0.15) is 15.9 Å². The molecule has 3 rings (SSSR count). The van der Waals surface area contributed by atoms with Crippen molar-refractivity contribution in [3.63, 3.8) is 0 Å². The summed E-state index contributed by atoms with van der Waals surface area (Å²) < 4.78 is 46.0. The number of ether oxygens (including phenoxy) is 1. The first-order valence-electron chi connectivity index (χ1n) is 9.41. The number of amides is 2. The molecule has 10 heteroatoms. The number of nitrogens with one attached hydrogen (secondary N) is 3. The van der Waals surface area contributed by atoms with Crippen LogP contribution in [0.15, 0.2) is 77.7 Å². The Kier molecular flexibility index (Phi) is 7.06. The zero-order chi connectivity index (χ0) is 23.1. The van der Waals surface area contributed by atoms with Gasteiger partial charge in [-0.05, 0) is 61.0 Å². The van der Waals surface area contributed by atoms with E-state index in [-0.39, 0.29) is 22.8 Å². The van der Waals surface area contributed by atoms with Gasteiger partial charge in [0.2, 0.25) is 0 Å². The maximum atomic E-state index is 13.7. The number of carbonyl (C=O) groups is 2. The molecular weight excluding hydrogens is 437 g/mol. The van der Waals surface area contributed by atoms with Gasteiger partial charge in [0, 0.05) is 5.56 Å². The normalized spacial score (nSPS) is 10.8. The molecule has 0 fully saturated rings. The lowest BCUT2D eigenvalue weighted by Crippen LogP contribution is -2.43. The molecule has 0 heterocycles. The number of halogens is 1. The Morgan fingerprint density at radius 3 is 2.34 bits per heavy atom. The summed E-state index contributed by atoms with van der Waals surface area (Å²) in [6.07, 6.45) is 0. The van der Waals surface area contributed by atoms with E-state index in [1.807, 2.05) is 13.0 Å². The molecule has 0 aliphatic heterocycles. The molecule has 2 amide bonds. The minimum absolute atomic E-state index is 0.106. The highest BCUT2D eigenvalue weighted by Gasteiger charge is 2.17. The summed E-state index contributed by atoms with van der Waals surface area (Å²) >= 11 is 0. The molecule has 8 nitrogen and oxygen atoms in total. The van der Waals surface area contributed by atoms with Crippen molar-refractivity contribution in [2.24, 2.45) is 0 Å². The van der Waals surface area contributed by atoms with Gasteiger partial charge in [0.1, 0.15) is 11.6 Å². The van der Waals surface area contributed by atoms with E-state index in [0.717, 1.165) is 11.6 Å². The van der Waals surface area contributed by atoms with Crippen LogP contribution in [0.4, 0.5) is 10.1 Å². The molecule has 0 bridgehead atoms. The predicted molar refractivity (Wildman–Crippen MR) is 116 cm³/mol. The Hall–Kier alpha value is -3.92. The minimum Gasteiger partial charge on any atom is -0.484 e. The van der Waals surface area contributed by atoms with Crippen molar-refractivity contribution in [3.8, 4) is 5.75 Å². The second-order valence-corrected chi connectivity index (χ2v) is 8.40. The van der Waals surface area contributed by atoms with E-state index < -0.39 is 27.7 Å². The number of hydrazine groups is 1. The molecule has 0 aromatic heterocycles. The van der Waals surface area contributed by atoms with Crippen molar-refractivity contribution in [1.82, 2.24) is 10.9 Å². The maximum absolute atomic E-state index is 13.7. The lowest BCUT2D eigenvalue weighted by atomic mass is 10.2. The first-order chi connectivity index (χ1) is 15.2. The van der Waals surface area contributed by atoms with Crippen LogP contribution in [-0.4, -0.2) is 26.8 Å². The summed E-state index contributed by atoms with van der Waals surface area (Å²) in [5, 5.41) is 0. The lowest BCUT2D eigenvalue weighted by Gasteiger charge is -2.11. The smallest absolute Gasteiger partial charge is 0.276 e. The van der Waals surface area contributed by atoms with Crippen molar-refractivity contribution < 1.29 is 27.1 Å². The second-order valence-electron chi connectivity index (χ2n) is 6.72. The number of anilines is 1. The van der Waals surface area contributed by atoms with Crippen LogP contribution in [0.2, 0.25) is 0 Å². The first kappa shape index (κ1) is 22.8. The van der Waals surface area contributed by atoms with E-state index >= 15 is 0 Å². The standard InChI is InChI=1S/C22H20FN3O5S/c1-15-5-4-6-17(13-15)31-14-21(27)24-25-22(28)16-9-11-18(12-10-16)32(29,30)26-20-8-3-2-7-19(20)23/h2-13,26H,14H2,1H3,(H,24,27)(H,25,28). The Balaban J connectivity index is 1.54. The summed E-state index contributed by atoms with van der Waals surface area (Å²) in [4.78, 5) is 23.9. The molecule has 166 valence electrons. The van der Waals surface area contributed by atoms with Crippen molar-refractivity contribution in [2.75, 3.05) is 11.3 Å². The zero-order valence-corrected chi connectivity index (χ0v) is 17.8. The van der Waals surface area contributed by atoms with E-state index in [1.54, 1.807) is 18.2 Å². The predicted octanol–water partition coefficient (Wildman–Crippen LogP) is 2.77. The average molecular weight is 457 g/mol. The lowest BCUT2D eigenvalue weighted by molar-refractivity contribution is -0.123. The molecule has 32 heavy (non-hydrogen) atoms. The van der Waals surface area contributed by atoms with Gasteiger partial charge in [-0.3, -0.25) is 25.2 Å². The molecule has 0 saturated carbocycles. The Morgan fingerprint density at radius 2 is 1.66 bits per heavy atom. The number of aryl methyl sites for hydroxylation is 1. The van der Waals surface area contributed by atoms with Crippen LogP contribution in [0, 0.1) is 12.7 Å². The van der Waals surface area contributed by atoms with E-state index in [4.69, 9.17) is 4.74 Å². The van der Waals surface area contributed by atoms with E-state index in [9.17, 15) is 22.4 Å². The molecule has 0 atom stereocenters. The number of hydrogen-bond donors (Lipinski definition) is 3. The van der Waals surface area contributed by atoms with Crippen LogP contribution in [0.3, 0.4) is 0 Å². The second kappa shape index (κ2) is 9.92. The highest BCUT2D eigenvalue weighted by Crippen LogP contribution is 2.19. The summed E-state index contributed by atoms with van der Waals surface area (Å²) in [5.41, 5.74) is 5.33. The third-order valence-corrected chi connectivity index (χ3v) is 5.60. The SMILES string of the molecule is Cc1cccc(OCC(=O)NNC(=O)c2ccc(S(=O)(=O)Nc3ccccc3F)cc2)c1. The molecule has 0 aliphatic carbocycles. The maximum Gasteiger partial charge on any atom is 0.276 e. The minimum atomic E-state index is -4.05. The van der Waals surface area contributed by atoms with Crippen LogP contribution >= 0.6 is 0 Å². The number of rotatable bonds is 7. The van der Waals surface area contributed by atoms with Crippen molar-refractivity contribution >= 4 is 27.5 Å². The highest BCUT2D eigenvalue weighted by molar-refractivity contribution is 7.92. The Morgan fingerprint density at radius 1 is 0.938 bits per heavy atom. The number of carbonyl (C=O) groups excluding carboxylic acids is 2. The monoisotopic (exact) mass is 457 g/mol. The Labute approximate surface area is 184 Å². The van der Waals surface area contributed by atoms with Crippen molar-refractivity contribution in [1.29, 1.82) is 0 Å². The molecule has 0 unspecified atom stereocenters. The molecule has 0 saturated heterocycles. The summed E-state index contributed by atoms with van der Waals surface area (Å²) in [5.74, 6) is -1.42. The zero-order valence-electron chi connectivity index (χ0n) is 17.0. The third kappa shape index (κ3) is 6.05. The highest BCUT2D eigenvalue weighted by atomic mass is 32.2. The van der Waals surface area contributed by atoms with Crippen molar-refractivity contribution in [3.05, 3.63) is 89.7 Å². The fourth-order valence-electron chi connectivity index (χ4n) is 2.62. The topological polar surface area (TPSA) is 114 Å². The van der Waals surface area contributed by atoms with Gasteiger partial charge in [-0.15, -0.1) is 0 Å². The number of benzene rings is 3. The fraction of sp³-hybridized carbons (Fsp3) is 0.0909. The van der Waals surface area contributed by atoms with Crippen LogP contribution in [-0.2, 0) is 14.8 Å². The van der Waals surface area contributed by atoms with Gasteiger partial charge < -0.3 is 4.74 Å². The summed E-state index contributed by atoms with van der Waals surface area (Å²) in [6.45, 7) is 1.59. The van der Waals surface area contributed by atoms with Gasteiger partial charge in [0.25, 0.3) is 21.8 Å². The van der Waals surface area contributed by atoms with Gasteiger partial charge in [0.05, 0.1) is 10.6 Å². The van der Waals surface area contributed by atoms with Gasteiger partial charge in [0.15, 0.2) is 6.61 Å². The fourth-order valence-corrected chi connectivity index (χ4v) is 3.69. The molecule has 0 radical (unpaired) electrons. The van der Waals surface area contributed by atoms with Gasteiger partial charge in [-0.1, -0.05) is 24.3 Å². The number of para-hydroxylation sites is 1. The van der Waals surface area contributed by atoms with Crippen molar-refractivity contribution in [2.45, 2.75) is 11.8 Å². The van der Waals surface area contributed by atoms with Gasteiger partial charge in [-0.25, -0.2) is 12.8 Å². The van der Waals surface area contributed by atoms with Gasteiger partial charge in [-0.2, -0.15) is 0 Å². The third-order valence-electron chi connectivity index (χ3n) is 4.22. The molecule has 3 aromatic rings. The Bertz CT molecular complexity index is 1230. The largest absolute Gasteiger partial charge is 0.484 e. The van der Waals surface area contributed by atoms with Crippen LogP contribution < -0.4 is 20.3 Å². The van der Waals surface area contributed by atoms with Crippen LogP contribution in [0.5, 0.6) is 5.75 Å². The van der Waals surface area contributed by atoms with Crippen LogP contribution in [0.25, 0.3) is 0 Å². The van der Waals surface area contributed by atoms with E-state index in [1.165, 1.54) is 42.5 Å². The summed E-state index contributed by atoms with van der Waals surface area (Å²) in [7, 11) is -4.05. The molecule has 0 aliphatic rings. The van der Waals surface area contributed by atoms with E-state index in [0.29, 0.717) is 5.75 Å². The summed E-state index contributed by atoms with van der Waals surface area (Å²) in [6, 6.07) is 17.4. The quantitative estimate of drug-likeness (QED) is 0.472. The number of hydrogen-bond acceptors (Lipinski definition) is 5. The number of sulfonamides is 1. The molecular formula is C22H20FN3O5S.